The van der Waals surface area contributed by atoms with Gasteiger partial charge in [-0.15, -0.1) is 0 Å². The zero-order valence-electron chi connectivity index (χ0n) is 11.6. The predicted molar refractivity (Wildman–Crippen MR) is 86.1 cm³/mol. The van der Waals surface area contributed by atoms with Gasteiger partial charge in [-0.25, -0.2) is 4.98 Å². The number of para-hydroxylation sites is 1. The summed E-state index contributed by atoms with van der Waals surface area (Å²) >= 11 is 0. The highest BCUT2D eigenvalue weighted by molar-refractivity contribution is 5.81. The Bertz CT molecular complexity index is 804. The molecular weight excluding hydrogens is 278 g/mol. The molecule has 0 amide bonds. The van der Waals surface area contributed by atoms with Gasteiger partial charge < -0.3 is 5.32 Å². The SMILES string of the molecule is O=[N+]([O-])c1cccc(-c2ccccc2Nc2ccccn2)c1. The minimum atomic E-state index is -0.391. The smallest absolute Gasteiger partial charge is 0.270 e. The summed E-state index contributed by atoms with van der Waals surface area (Å²) in [5, 5.41) is 14.2. The second kappa shape index (κ2) is 6.05. The average molecular weight is 291 g/mol. The molecule has 0 spiro atoms. The number of nitrogens with zero attached hydrogens (tertiary/aromatic N) is 2. The number of pyridine rings is 1. The Kier molecular flexibility index (Phi) is 3.78. The van der Waals surface area contributed by atoms with Crippen molar-refractivity contribution >= 4 is 17.2 Å². The number of hydrogen-bond donors (Lipinski definition) is 1. The molecular formula is C17H13N3O2. The van der Waals surface area contributed by atoms with Crippen molar-refractivity contribution in [2.45, 2.75) is 0 Å². The van der Waals surface area contributed by atoms with Gasteiger partial charge in [0, 0.05) is 29.6 Å². The summed E-state index contributed by atoms with van der Waals surface area (Å²) in [4.78, 5) is 14.8. The van der Waals surface area contributed by atoms with Crippen molar-refractivity contribution in [2.75, 3.05) is 5.32 Å². The van der Waals surface area contributed by atoms with E-state index in [4.69, 9.17) is 0 Å². The van der Waals surface area contributed by atoms with Crippen LogP contribution in [0.1, 0.15) is 0 Å². The molecule has 0 saturated carbocycles. The van der Waals surface area contributed by atoms with Crippen LogP contribution >= 0.6 is 0 Å². The normalized spacial score (nSPS) is 10.2. The van der Waals surface area contributed by atoms with E-state index in [1.165, 1.54) is 6.07 Å². The van der Waals surface area contributed by atoms with Gasteiger partial charge in [0.05, 0.1) is 4.92 Å². The first-order valence-electron chi connectivity index (χ1n) is 6.76. The van der Waals surface area contributed by atoms with Crippen LogP contribution in [0.5, 0.6) is 0 Å². The number of nitro benzene ring substituents is 1. The number of rotatable bonds is 4. The lowest BCUT2D eigenvalue weighted by molar-refractivity contribution is -0.384. The van der Waals surface area contributed by atoms with Crippen LogP contribution in [0.4, 0.5) is 17.2 Å². The van der Waals surface area contributed by atoms with Gasteiger partial charge in [-0.05, 0) is 23.8 Å². The van der Waals surface area contributed by atoms with Gasteiger partial charge in [-0.3, -0.25) is 10.1 Å². The molecule has 0 aliphatic heterocycles. The Labute approximate surface area is 127 Å². The van der Waals surface area contributed by atoms with Crippen LogP contribution in [0, 0.1) is 10.1 Å². The molecule has 1 heterocycles. The van der Waals surface area contributed by atoms with Gasteiger partial charge in [0.1, 0.15) is 5.82 Å². The second-order valence-corrected chi connectivity index (χ2v) is 4.69. The van der Waals surface area contributed by atoms with E-state index < -0.39 is 4.92 Å². The fourth-order valence-corrected chi connectivity index (χ4v) is 2.21. The van der Waals surface area contributed by atoms with Crippen molar-refractivity contribution in [3.05, 3.63) is 83.0 Å². The van der Waals surface area contributed by atoms with E-state index in [0.29, 0.717) is 0 Å². The molecule has 0 bridgehead atoms. The van der Waals surface area contributed by atoms with Crippen LogP contribution in [0.25, 0.3) is 11.1 Å². The molecule has 108 valence electrons. The van der Waals surface area contributed by atoms with Crippen LogP contribution < -0.4 is 5.32 Å². The third-order valence-corrected chi connectivity index (χ3v) is 3.22. The van der Waals surface area contributed by atoms with Crippen LogP contribution in [0.3, 0.4) is 0 Å². The standard InChI is InChI=1S/C17H13N3O2/c21-20(22)14-7-5-6-13(12-14)15-8-1-2-9-16(15)19-17-10-3-4-11-18-17/h1-12H,(H,18,19). The summed E-state index contributed by atoms with van der Waals surface area (Å²) in [6.07, 6.45) is 1.71. The fraction of sp³-hybridized carbons (Fsp3) is 0. The largest absolute Gasteiger partial charge is 0.340 e. The highest BCUT2D eigenvalue weighted by atomic mass is 16.6. The van der Waals surface area contributed by atoms with E-state index >= 15 is 0 Å². The van der Waals surface area contributed by atoms with Crippen molar-refractivity contribution < 1.29 is 4.92 Å². The summed E-state index contributed by atoms with van der Waals surface area (Å²) in [6, 6.07) is 19.8. The molecule has 0 atom stereocenters. The summed E-state index contributed by atoms with van der Waals surface area (Å²) in [6.45, 7) is 0. The third-order valence-electron chi connectivity index (χ3n) is 3.22. The van der Waals surface area contributed by atoms with Crippen molar-refractivity contribution in [1.82, 2.24) is 4.98 Å². The van der Waals surface area contributed by atoms with Gasteiger partial charge >= 0.3 is 0 Å². The Morgan fingerprint density at radius 3 is 2.55 bits per heavy atom. The highest BCUT2D eigenvalue weighted by Gasteiger charge is 2.10. The molecule has 3 aromatic rings. The number of aromatic nitrogens is 1. The minimum Gasteiger partial charge on any atom is -0.340 e. The maximum absolute atomic E-state index is 10.9. The number of non-ortho nitro benzene ring substituents is 1. The molecule has 0 aliphatic rings. The maximum Gasteiger partial charge on any atom is 0.270 e. The summed E-state index contributed by atoms with van der Waals surface area (Å²) in [7, 11) is 0. The third kappa shape index (κ3) is 2.93. The van der Waals surface area contributed by atoms with E-state index in [9.17, 15) is 10.1 Å². The number of benzene rings is 2. The Balaban J connectivity index is 2.01. The fourth-order valence-electron chi connectivity index (χ4n) is 2.21. The molecule has 0 fully saturated rings. The van der Waals surface area contributed by atoms with Crippen LogP contribution in [0.2, 0.25) is 0 Å². The quantitative estimate of drug-likeness (QED) is 0.571. The number of nitro groups is 1. The van der Waals surface area contributed by atoms with Crippen molar-refractivity contribution in [3.8, 4) is 11.1 Å². The average Bonchev–Trinajstić information content (AvgIpc) is 2.56. The highest BCUT2D eigenvalue weighted by Crippen LogP contribution is 2.31. The lowest BCUT2D eigenvalue weighted by Gasteiger charge is -2.11. The lowest BCUT2D eigenvalue weighted by Crippen LogP contribution is -1.95. The van der Waals surface area contributed by atoms with E-state index in [2.05, 4.69) is 10.3 Å². The second-order valence-electron chi connectivity index (χ2n) is 4.69. The van der Waals surface area contributed by atoms with Crippen molar-refractivity contribution in [2.24, 2.45) is 0 Å². The van der Waals surface area contributed by atoms with Crippen LogP contribution in [-0.2, 0) is 0 Å². The molecule has 0 aliphatic carbocycles. The zero-order chi connectivity index (χ0) is 15.4. The van der Waals surface area contributed by atoms with Crippen molar-refractivity contribution in [1.29, 1.82) is 0 Å². The Morgan fingerprint density at radius 2 is 1.77 bits per heavy atom. The van der Waals surface area contributed by atoms with Crippen LogP contribution in [-0.4, -0.2) is 9.91 Å². The zero-order valence-corrected chi connectivity index (χ0v) is 11.6. The Morgan fingerprint density at radius 1 is 0.955 bits per heavy atom. The number of hydrogen-bond acceptors (Lipinski definition) is 4. The first-order chi connectivity index (χ1) is 10.7. The van der Waals surface area contributed by atoms with Crippen molar-refractivity contribution in [3.63, 3.8) is 0 Å². The monoisotopic (exact) mass is 291 g/mol. The first-order valence-corrected chi connectivity index (χ1v) is 6.76. The molecule has 5 heteroatoms. The number of nitrogens with one attached hydrogen (secondary N) is 1. The molecule has 22 heavy (non-hydrogen) atoms. The van der Waals surface area contributed by atoms with Gasteiger partial charge in [0.25, 0.3) is 5.69 Å². The molecule has 0 saturated heterocycles. The minimum absolute atomic E-state index is 0.0742. The van der Waals surface area contributed by atoms with Gasteiger partial charge in [0.15, 0.2) is 0 Å². The summed E-state index contributed by atoms with van der Waals surface area (Å²) < 4.78 is 0. The maximum atomic E-state index is 10.9. The summed E-state index contributed by atoms with van der Waals surface area (Å²) in [5.41, 5.74) is 2.59. The Hall–Kier alpha value is -3.21. The van der Waals surface area contributed by atoms with Crippen LogP contribution in [0.15, 0.2) is 72.9 Å². The van der Waals surface area contributed by atoms with E-state index in [0.717, 1.165) is 22.6 Å². The van der Waals surface area contributed by atoms with Gasteiger partial charge in [0.2, 0.25) is 0 Å². The van der Waals surface area contributed by atoms with E-state index in [1.54, 1.807) is 18.3 Å². The lowest BCUT2D eigenvalue weighted by atomic mass is 10.0. The first kappa shape index (κ1) is 13.8. The molecule has 2 aromatic carbocycles. The van der Waals surface area contributed by atoms with E-state index in [1.807, 2.05) is 48.5 Å². The molecule has 1 aromatic heterocycles. The van der Waals surface area contributed by atoms with Gasteiger partial charge in [-0.1, -0.05) is 36.4 Å². The molecule has 3 rings (SSSR count). The van der Waals surface area contributed by atoms with Gasteiger partial charge in [-0.2, -0.15) is 0 Å². The topological polar surface area (TPSA) is 68.1 Å². The molecule has 0 unspecified atom stereocenters. The molecule has 0 radical (unpaired) electrons. The van der Waals surface area contributed by atoms with E-state index in [-0.39, 0.29) is 5.69 Å². The molecule has 5 nitrogen and oxygen atoms in total. The summed E-state index contributed by atoms with van der Waals surface area (Å²) in [5.74, 6) is 0.723. The predicted octanol–water partition coefficient (Wildman–Crippen LogP) is 4.40. The number of anilines is 2. The molecule has 1 N–H and O–H groups in total.